The molecule has 0 unspecified atom stereocenters. The lowest BCUT2D eigenvalue weighted by molar-refractivity contribution is -0.932. The molecule has 1 N–H and O–H groups in total. The van der Waals surface area contributed by atoms with E-state index in [2.05, 4.69) is 4.18 Å². The van der Waals surface area contributed by atoms with Crippen LogP contribution in [0.2, 0.25) is 0 Å². The summed E-state index contributed by atoms with van der Waals surface area (Å²) in [6.45, 7) is 4.59. The molecule has 1 aliphatic rings. The van der Waals surface area contributed by atoms with Gasteiger partial charge in [-0.25, -0.2) is 4.18 Å². The van der Waals surface area contributed by atoms with Crippen molar-refractivity contribution in [2.45, 2.75) is 26.2 Å². The molecule has 0 aromatic carbocycles. The summed E-state index contributed by atoms with van der Waals surface area (Å²) in [5, 5.41) is 0. The molecule has 0 saturated carbocycles. The zero-order chi connectivity index (χ0) is 14.4. The van der Waals surface area contributed by atoms with Crippen LogP contribution in [0.3, 0.4) is 0 Å². The van der Waals surface area contributed by atoms with Crippen LogP contribution < -0.4 is 0 Å². The highest BCUT2D eigenvalue weighted by molar-refractivity contribution is 7.80. The van der Waals surface area contributed by atoms with E-state index in [0.29, 0.717) is 24.2 Å². The number of hydrogen-bond donors (Lipinski definition) is 1. The fraction of sp³-hybridized carbons (Fsp3) is 0.909. The third kappa shape index (κ3) is 6.86. The Balaban J connectivity index is 2.47. The predicted octanol–water partition coefficient (Wildman–Crippen LogP) is 0.370. The van der Waals surface area contributed by atoms with Crippen molar-refractivity contribution in [2.24, 2.45) is 0 Å². The van der Waals surface area contributed by atoms with E-state index in [4.69, 9.17) is 9.29 Å². The third-order valence-corrected chi connectivity index (χ3v) is 3.90. The van der Waals surface area contributed by atoms with Gasteiger partial charge in [-0.3, -0.25) is 9.35 Å². The number of carbonyl (C=O) groups excluding carboxylic acids is 1. The Kier molecular flexibility index (Phi) is 6.18. The quantitative estimate of drug-likeness (QED) is 0.415. The van der Waals surface area contributed by atoms with Crippen molar-refractivity contribution < 1.29 is 31.2 Å². The van der Waals surface area contributed by atoms with Gasteiger partial charge in [-0.15, -0.1) is 0 Å². The molecule has 1 aliphatic heterocycles. The molecule has 0 aliphatic carbocycles. The van der Waals surface area contributed by atoms with Crippen molar-refractivity contribution >= 4 is 16.4 Å². The van der Waals surface area contributed by atoms with Gasteiger partial charge in [0.1, 0.15) is 26.3 Å². The van der Waals surface area contributed by atoms with Gasteiger partial charge in [-0.05, 0) is 19.3 Å². The van der Waals surface area contributed by atoms with E-state index in [1.807, 2.05) is 0 Å². The van der Waals surface area contributed by atoms with Gasteiger partial charge in [-0.2, -0.15) is 8.42 Å². The van der Waals surface area contributed by atoms with Gasteiger partial charge in [0.15, 0.2) is 0 Å². The summed E-state index contributed by atoms with van der Waals surface area (Å²) in [6.07, 6.45) is 3.28. The minimum atomic E-state index is -4.38. The Hall–Kier alpha value is -0.700. The first kappa shape index (κ1) is 16.4. The van der Waals surface area contributed by atoms with Crippen LogP contribution in [0.1, 0.15) is 26.2 Å². The summed E-state index contributed by atoms with van der Waals surface area (Å²) in [5.74, 6) is -0.315. The average molecular weight is 296 g/mol. The van der Waals surface area contributed by atoms with Crippen molar-refractivity contribution in [3.63, 3.8) is 0 Å². The van der Waals surface area contributed by atoms with Crippen LogP contribution in [-0.2, 0) is 24.1 Å². The van der Waals surface area contributed by atoms with Crippen LogP contribution in [0, 0.1) is 0 Å². The summed E-state index contributed by atoms with van der Waals surface area (Å²) < 4.78 is 39.6. The Labute approximate surface area is 114 Å². The number of carbonyl (C=O) groups is 1. The maximum Gasteiger partial charge on any atom is 0.397 e. The lowest BCUT2D eigenvalue weighted by Crippen LogP contribution is -2.55. The normalized spacial score (nSPS) is 19.1. The van der Waals surface area contributed by atoms with Gasteiger partial charge in [0.05, 0.1) is 13.1 Å². The van der Waals surface area contributed by atoms with Crippen molar-refractivity contribution in [2.75, 3.05) is 39.4 Å². The third-order valence-electron chi connectivity index (χ3n) is 3.43. The predicted molar refractivity (Wildman–Crippen MR) is 67.7 cm³/mol. The molecule has 0 radical (unpaired) electrons. The summed E-state index contributed by atoms with van der Waals surface area (Å²) in [7, 11) is -4.38. The fourth-order valence-corrected chi connectivity index (χ4v) is 2.75. The molecule has 0 amide bonds. The molecule has 0 aromatic rings. The molecule has 19 heavy (non-hydrogen) atoms. The van der Waals surface area contributed by atoms with Crippen LogP contribution in [0.4, 0.5) is 0 Å². The number of quaternary nitrogens is 1. The molecule has 0 bridgehead atoms. The number of hydrogen-bond acceptors (Lipinski definition) is 5. The largest absolute Gasteiger partial charge is 0.460 e. The second-order valence-corrected chi connectivity index (χ2v) is 5.98. The molecule has 1 rings (SSSR count). The molecule has 7 nitrogen and oxygen atoms in total. The summed E-state index contributed by atoms with van der Waals surface area (Å²) in [6, 6.07) is 0. The first-order valence-corrected chi connectivity index (χ1v) is 7.80. The number of piperidine rings is 1. The number of nitrogens with zero attached hydrogens (tertiary/aromatic N) is 1. The van der Waals surface area contributed by atoms with E-state index in [-0.39, 0.29) is 12.6 Å². The Bertz CT molecular complexity index is 388. The molecule has 1 heterocycles. The monoisotopic (exact) mass is 296 g/mol. The van der Waals surface area contributed by atoms with Crippen molar-refractivity contribution in [3.05, 3.63) is 0 Å². The highest BCUT2D eigenvalue weighted by Crippen LogP contribution is 2.18. The lowest BCUT2D eigenvalue weighted by Gasteiger charge is -2.41. The smallest absolute Gasteiger partial charge is 0.397 e. The highest BCUT2D eigenvalue weighted by atomic mass is 32.3. The second kappa shape index (κ2) is 7.18. The van der Waals surface area contributed by atoms with E-state index in [9.17, 15) is 13.2 Å². The molecule has 8 heteroatoms. The van der Waals surface area contributed by atoms with Crippen molar-refractivity contribution in [3.8, 4) is 0 Å². The minimum absolute atomic E-state index is 0.0566. The van der Waals surface area contributed by atoms with Gasteiger partial charge in [-0.1, -0.05) is 0 Å². The van der Waals surface area contributed by atoms with Crippen LogP contribution >= 0.6 is 0 Å². The Morgan fingerprint density at radius 3 is 2.26 bits per heavy atom. The van der Waals surface area contributed by atoms with Crippen LogP contribution in [0.25, 0.3) is 0 Å². The fourth-order valence-electron chi connectivity index (χ4n) is 2.46. The zero-order valence-electron chi connectivity index (χ0n) is 11.2. The van der Waals surface area contributed by atoms with Crippen molar-refractivity contribution in [1.29, 1.82) is 0 Å². The first-order chi connectivity index (χ1) is 8.83. The van der Waals surface area contributed by atoms with Gasteiger partial charge < -0.3 is 9.22 Å². The summed E-state index contributed by atoms with van der Waals surface area (Å²) in [4.78, 5) is 10.8. The molecule has 1 saturated heterocycles. The van der Waals surface area contributed by atoms with E-state index in [0.717, 1.165) is 32.4 Å². The minimum Gasteiger partial charge on any atom is -0.460 e. The lowest BCUT2D eigenvalue weighted by atomic mass is 10.1. The van der Waals surface area contributed by atoms with Crippen LogP contribution in [0.5, 0.6) is 0 Å². The van der Waals surface area contributed by atoms with Gasteiger partial charge in [0, 0.05) is 6.92 Å². The molecule has 0 atom stereocenters. The van der Waals surface area contributed by atoms with Crippen LogP contribution in [0.15, 0.2) is 0 Å². The number of esters is 1. The van der Waals surface area contributed by atoms with E-state index in [1.54, 1.807) is 0 Å². The zero-order valence-corrected chi connectivity index (χ0v) is 12.0. The van der Waals surface area contributed by atoms with Gasteiger partial charge in [0.25, 0.3) is 0 Å². The molecule has 1 fully saturated rings. The molecular formula is C11H22NO6S+. The number of ether oxygens (including phenoxy) is 1. The topological polar surface area (TPSA) is 89.9 Å². The molecular weight excluding hydrogens is 274 g/mol. The number of likely N-dealkylation sites (tertiary alicyclic amines) is 1. The van der Waals surface area contributed by atoms with E-state index < -0.39 is 10.4 Å². The standard InChI is InChI=1S/C11H21NO6S/c1-11(13)17-9-7-12(5-3-2-4-6-12)8-10-18-19(14,15)16/h2-10H2,1H3/p+1. The molecule has 112 valence electrons. The first-order valence-electron chi connectivity index (χ1n) is 6.43. The number of rotatable bonds is 7. The van der Waals surface area contributed by atoms with Gasteiger partial charge in [0.2, 0.25) is 0 Å². The van der Waals surface area contributed by atoms with E-state index >= 15 is 0 Å². The highest BCUT2D eigenvalue weighted by Gasteiger charge is 2.30. The summed E-state index contributed by atoms with van der Waals surface area (Å²) in [5.41, 5.74) is 0. The Morgan fingerprint density at radius 1 is 1.16 bits per heavy atom. The van der Waals surface area contributed by atoms with E-state index in [1.165, 1.54) is 6.92 Å². The van der Waals surface area contributed by atoms with Crippen molar-refractivity contribution in [1.82, 2.24) is 0 Å². The average Bonchev–Trinajstić information content (AvgIpc) is 2.28. The van der Waals surface area contributed by atoms with Crippen LogP contribution in [-0.4, -0.2) is 62.8 Å². The summed E-state index contributed by atoms with van der Waals surface area (Å²) >= 11 is 0. The maximum atomic E-state index is 10.8. The molecule has 0 aromatic heterocycles. The van der Waals surface area contributed by atoms with Gasteiger partial charge >= 0.3 is 16.4 Å². The molecule has 0 spiro atoms. The SMILES string of the molecule is CC(=O)OCC[N+]1(CCOS(=O)(=O)O)CCCCC1. The Morgan fingerprint density at radius 2 is 1.74 bits per heavy atom. The maximum absolute atomic E-state index is 10.8. The second-order valence-electron chi connectivity index (χ2n) is 4.89.